The van der Waals surface area contributed by atoms with Crippen LogP contribution in [0.15, 0.2) is 60.7 Å². The zero-order chi connectivity index (χ0) is 44.2. The van der Waals surface area contributed by atoms with Gasteiger partial charge in [-0.05, 0) is 104 Å². The van der Waals surface area contributed by atoms with Crippen molar-refractivity contribution in [2.24, 2.45) is 0 Å². The second-order valence-electron chi connectivity index (χ2n) is 13.5. The van der Waals surface area contributed by atoms with E-state index in [0.29, 0.717) is 26.2 Å². The molecular formula is C34H42F12FeN10P2. The minimum Gasteiger partial charge on any atom is 2.00 e. The molecule has 0 radical (unpaired) electrons. The summed E-state index contributed by atoms with van der Waals surface area (Å²) in [6, 6.07) is 20.6. The molecule has 0 aliphatic heterocycles. The summed E-state index contributed by atoms with van der Waals surface area (Å²) >= 11 is 0. The van der Waals surface area contributed by atoms with Gasteiger partial charge in [-0.25, -0.2) is 0 Å². The molecule has 6 aromatic heterocycles. The Morgan fingerprint density at radius 3 is 0.678 bits per heavy atom. The minimum atomic E-state index is -10.7. The molecular weight excluding hydrogens is 894 g/mol. The smallest absolute Gasteiger partial charge is 2.00 e. The maximum absolute atomic E-state index is 10.7. The van der Waals surface area contributed by atoms with E-state index in [1.807, 2.05) is 70.7 Å². The molecule has 0 atom stereocenters. The fraction of sp³-hybridized carbons (Fsp3) is 0.353. The third kappa shape index (κ3) is 22.6. The first-order valence-electron chi connectivity index (χ1n) is 17.0. The van der Waals surface area contributed by atoms with E-state index in [2.05, 4.69) is 84.5 Å². The fourth-order valence-electron chi connectivity index (χ4n) is 5.36. The summed E-state index contributed by atoms with van der Waals surface area (Å²) < 4.78 is 126. The Balaban J connectivity index is 0.000000306. The SMILES string of the molecule is Cc1cc(C)n(Cc2cccc(Cn3nc(C)cc3C)n2)n1.Cc1cc(C)n(Cc2cccc(Cn3nc(C)cc3C)n2)n1.F[P-](F)(F)(F)(F)F.F[P-](F)(F)(F)(F)F.[Fe+2]. The van der Waals surface area contributed by atoms with Crippen LogP contribution in [0, 0.1) is 55.4 Å². The van der Waals surface area contributed by atoms with Crippen LogP contribution in [0.1, 0.15) is 68.3 Å². The minimum absolute atomic E-state index is 0. The monoisotopic (exact) mass is 936 g/mol. The molecule has 0 saturated heterocycles. The van der Waals surface area contributed by atoms with Crippen LogP contribution >= 0.6 is 15.6 Å². The number of nitrogens with zero attached hydrogens (tertiary/aromatic N) is 10. The van der Waals surface area contributed by atoms with Gasteiger partial charge in [0, 0.05) is 22.8 Å². The topological polar surface area (TPSA) is 97.1 Å². The van der Waals surface area contributed by atoms with Crippen molar-refractivity contribution in [3.05, 3.63) is 129 Å². The normalized spacial score (nSPS) is 13.8. The molecule has 0 aliphatic rings. The zero-order valence-electron chi connectivity index (χ0n) is 32.9. The molecule has 0 bridgehead atoms. The number of hydrogen-bond acceptors (Lipinski definition) is 6. The Hall–Kier alpha value is -4.32. The van der Waals surface area contributed by atoms with Crippen LogP contribution in [0.5, 0.6) is 0 Å². The van der Waals surface area contributed by atoms with E-state index in [-0.39, 0.29) is 17.1 Å². The van der Waals surface area contributed by atoms with Crippen LogP contribution in [-0.2, 0) is 43.2 Å². The van der Waals surface area contributed by atoms with Crippen molar-refractivity contribution in [2.75, 3.05) is 0 Å². The first-order chi connectivity index (χ1) is 25.9. The summed E-state index contributed by atoms with van der Waals surface area (Å²) in [6.07, 6.45) is 0. The van der Waals surface area contributed by atoms with Gasteiger partial charge < -0.3 is 0 Å². The quantitative estimate of drug-likeness (QED) is 0.0857. The summed E-state index contributed by atoms with van der Waals surface area (Å²) in [4.78, 5) is 9.48. The van der Waals surface area contributed by atoms with Gasteiger partial charge >= 0.3 is 83.0 Å². The summed E-state index contributed by atoms with van der Waals surface area (Å²) in [5, 5.41) is 18.0. The van der Waals surface area contributed by atoms with Crippen LogP contribution in [0.3, 0.4) is 0 Å². The zero-order valence-corrected chi connectivity index (χ0v) is 35.8. The Morgan fingerprint density at radius 2 is 0.542 bits per heavy atom. The first kappa shape index (κ1) is 50.8. The van der Waals surface area contributed by atoms with Crippen molar-refractivity contribution < 1.29 is 67.4 Å². The summed E-state index contributed by atoms with van der Waals surface area (Å²) in [5.41, 5.74) is 12.9. The summed E-state index contributed by atoms with van der Waals surface area (Å²) in [6.45, 7) is 19.1. The van der Waals surface area contributed by atoms with E-state index in [0.717, 1.165) is 68.3 Å². The molecule has 0 amide bonds. The molecule has 59 heavy (non-hydrogen) atoms. The van der Waals surface area contributed by atoms with Gasteiger partial charge in [0.1, 0.15) is 0 Å². The van der Waals surface area contributed by atoms with Gasteiger partial charge in [-0.15, -0.1) is 0 Å². The van der Waals surface area contributed by atoms with Crippen molar-refractivity contribution in [1.82, 2.24) is 49.1 Å². The van der Waals surface area contributed by atoms with Crippen molar-refractivity contribution in [1.29, 1.82) is 0 Å². The molecule has 0 fully saturated rings. The molecule has 0 spiro atoms. The maximum atomic E-state index is 9.87. The average molecular weight is 937 g/mol. The molecule has 25 heteroatoms. The van der Waals surface area contributed by atoms with Gasteiger partial charge in [0.15, 0.2) is 0 Å². The van der Waals surface area contributed by atoms with Crippen molar-refractivity contribution >= 4 is 15.6 Å². The number of aryl methyl sites for hydroxylation is 8. The van der Waals surface area contributed by atoms with E-state index in [1.165, 1.54) is 0 Å². The Labute approximate surface area is 342 Å². The number of hydrogen-bond donors (Lipinski definition) is 0. The molecule has 0 aliphatic carbocycles. The third-order valence-corrected chi connectivity index (χ3v) is 7.39. The van der Waals surface area contributed by atoms with Gasteiger partial charge in [-0.2, -0.15) is 20.4 Å². The number of pyridine rings is 2. The average Bonchev–Trinajstić information content (AvgIpc) is 3.71. The van der Waals surface area contributed by atoms with Gasteiger partial charge in [-0.3, -0.25) is 28.7 Å². The fourth-order valence-corrected chi connectivity index (χ4v) is 5.36. The van der Waals surface area contributed by atoms with Gasteiger partial charge in [-0.1, -0.05) is 12.1 Å². The van der Waals surface area contributed by atoms with Gasteiger partial charge in [0.25, 0.3) is 0 Å². The Bertz CT molecular complexity index is 2040. The Morgan fingerprint density at radius 1 is 0.373 bits per heavy atom. The van der Waals surface area contributed by atoms with Crippen LogP contribution in [0.2, 0.25) is 0 Å². The summed E-state index contributed by atoms with van der Waals surface area (Å²) in [7, 11) is -21.3. The summed E-state index contributed by atoms with van der Waals surface area (Å²) in [5.74, 6) is 0. The molecule has 330 valence electrons. The van der Waals surface area contributed by atoms with E-state index >= 15 is 0 Å². The van der Waals surface area contributed by atoms with Crippen LogP contribution in [0.4, 0.5) is 50.4 Å². The third-order valence-electron chi connectivity index (χ3n) is 7.39. The molecule has 0 aromatic carbocycles. The standard InChI is InChI=1S/2C17H21N5.2F6P.Fe/c2*1-12-8-14(3)21(19-12)10-16-6-5-7-17(18-16)11-22-15(4)9-13(2)20-22;2*1-7(2,3,4,5)6;/h2*5-9H,10-11H2,1-4H3;;;/q;;2*-1;+2. The van der Waals surface area contributed by atoms with Crippen molar-refractivity contribution in [3.8, 4) is 0 Å². The largest absolute Gasteiger partial charge is 2.00 e. The number of rotatable bonds is 8. The molecule has 6 heterocycles. The Kier molecular flexibility index (Phi) is 14.6. The van der Waals surface area contributed by atoms with Gasteiger partial charge in [0.05, 0.1) is 71.7 Å². The van der Waals surface area contributed by atoms with Crippen molar-refractivity contribution in [3.63, 3.8) is 0 Å². The van der Waals surface area contributed by atoms with E-state index in [9.17, 15) is 50.4 Å². The molecule has 10 nitrogen and oxygen atoms in total. The van der Waals surface area contributed by atoms with E-state index in [4.69, 9.17) is 9.97 Å². The number of halogens is 12. The second-order valence-corrected chi connectivity index (χ2v) is 17.3. The second kappa shape index (κ2) is 17.0. The molecule has 0 saturated carbocycles. The van der Waals surface area contributed by atoms with Crippen LogP contribution in [0.25, 0.3) is 0 Å². The molecule has 6 aromatic rings. The van der Waals surface area contributed by atoms with Crippen LogP contribution in [-0.4, -0.2) is 49.1 Å². The molecule has 6 rings (SSSR count). The van der Waals surface area contributed by atoms with Gasteiger partial charge in [0.2, 0.25) is 0 Å². The van der Waals surface area contributed by atoms with E-state index < -0.39 is 15.6 Å². The van der Waals surface area contributed by atoms with E-state index in [1.54, 1.807) is 0 Å². The predicted molar refractivity (Wildman–Crippen MR) is 199 cm³/mol. The number of aromatic nitrogens is 10. The predicted octanol–water partition coefficient (Wildman–Crippen LogP) is 12.4. The molecule has 0 N–H and O–H groups in total. The maximum Gasteiger partial charge on any atom is 2.00 e. The van der Waals surface area contributed by atoms with Crippen molar-refractivity contribution in [2.45, 2.75) is 81.6 Å². The van der Waals surface area contributed by atoms with Crippen LogP contribution < -0.4 is 0 Å². The molecule has 0 unspecified atom stereocenters. The first-order valence-corrected chi connectivity index (χ1v) is 21.0.